The van der Waals surface area contributed by atoms with Crippen molar-refractivity contribution < 1.29 is 0 Å². The van der Waals surface area contributed by atoms with E-state index in [2.05, 4.69) is 53.1 Å². The van der Waals surface area contributed by atoms with Crippen LogP contribution in [-0.4, -0.2) is 17.6 Å². The number of nitrogens with one attached hydrogen (secondary N) is 1. The molecule has 1 N–H and O–H groups in total. The van der Waals surface area contributed by atoms with E-state index in [1.807, 2.05) is 12.4 Å². The normalized spacial score (nSPS) is 12.9. The minimum absolute atomic E-state index is 0.644. The molecule has 1 rings (SSSR count). The molecule has 0 saturated heterocycles. The van der Waals surface area contributed by atoms with Crippen molar-refractivity contribution in [1.82, 2.24) is 10.3 Å². The summed E-state index contributed by atoms with van der Waals surface area (Å²) in [6, 6.07) is 2.81. The smallest absolute Gasteiger partial charge is 0.0410 e. The van der Waals surface area contributed by atoms with Crippen molar-refractivity contribution >= 4 is 15.9 Å². The Kier molecular flexibility index (Phi) is 7.52. The molecule has 1 aromatic rings. The molecule has 0 radical (unpaired) electrons. The number of pyridine rings is 1. The molecule has 1 atom stereocenters. The minimum atomic E-state index is 0.644. The molecule has 3 heteroatoms. The van der Waals surface area contributed by atoms with Gasteiger partial charge in [0.15, 0.2) is 0 Å². The molecule has 0 saturated carbocycles. The van der Waals surface area contributed by atoms with Crippen LogP contribution in [0.5, 0.6) is 0 Å². The number of hydrogen-bond donors (Lipinski definition) is 1. The van der Waals surface area contributed by atoms with Crippen LogP contribution in [0.25, 0.3) is 0 Å². The third-order valence-electron chi connectivity index (χ3n) is 3.20. The van der Waals surface area contributed by atoms with Gasteiger partial charge in [0, 0.05) is 22.9 Å². The third-order valence-corrected chi connectivity index (χ3v) is 3.64. The van der Waals surface area contributed by atoms with Gasteiger partial charge in [0.25, 0.3) is 0 Å². The molecule has 0 bridgehead atoms. The first kappa shape index (κ1) is 15.6. The molecule has 1 aromatic heterocycles. The monoisotopic (exact) mass is 312 g/mol. The number of aromatic nitrogens is 1. The van der Waals surface area contributed by atoms with Crippen LogP contribution in [0.2, 0.25) is 0 Å². The third kappa shape index (κ3) is 5.96. The Hall–Kier alpha value is -0.410. The van der Waals surface area contributed by atoms with E-state index in [1.54, 1.807) is 0 Å². The first-order valence-electron chi connectivity index (χ1n) is 6.96. The summed E-state index contributed by atoms with van der Waals surface area (Å²) < 4.78 is 1.07. The SMILES string of the molecule is CCCNC(CCCc1cncc(Br)c1)C(C)C. The molecule has 0 spiro atoms. The largest absolute Gasteiger partial charge is 0.314 e. The fourth-order valence-corrected chi connectivity index (χ4v) is 2.53. The Bertz CT molecular complexity index is 339. The minimum Gasteiger partial charge on any atom is -0.314 e. The molecule has 1 heterocycles. The topological polar surface area (TPSA) is 24.9 Å². The lowest BCUT2D eigenvalue weighted by Gasteiger charge is -2.22. The molecule has 0 aliphatic carbocycles. The van der Waals surface area contributed by atoms with Gasteiger partial charge in [-0.3, -0.25) is 4.98 Å². The quantitative estimate of drug-likeness (QED) is 0.778. The van der Waals surface area contributed by atoms with Crippen LogP contribution in [0, 0.1) is 5.92 Å². The van der Waals surface area contributed by atoms with E-state index in [-0.39, 0.29) is 0 Å². The number of nitrogens with zero attached hydrogens (tertiary/aromatic N) is 1. The van der Waals surface area contributed by atoms with Crippen LogP contribution in [0.15, 0.2) is 22.9 Å². The maximum atomic E-state index is 4.20. The van der Waals surface area contributed by atoms with Crippen LogP contribution in [-0.2, 0) is 6.42 Å². The van der Waals surface area contributed by atoms with Crippen molar-refractivity contribution in [3.63, 3.8) is 0 Å². The number of halogens is 1. The molecule has 2 nitrogen and oxygen atoms in total. The summed E-state index contributed by atoms with van der Waals surface area (Å²) in [5, 5.41) is 3.64. The average molecular weight is 313 g/mol. The van der Waals surface area contributed by atoms with Crippen molar-refractivity contribution in [2.24, 2.45) is 5.92 Å². The van der Waals surface area contributed by atoms with Crippen LogP contribution >= 0.6 is 15.9 Å². The highest BCUT2D eigenvalue weighted by Crippen LogP contribution is 2.14. The molecular weight excluding hydrogens is 288 g/mol. The second-order valence-corrected chi connectivity index (χ2v) is 6.12. The highest BCUT2D eigenvalue weighted by molar-refractivity contribution is 9.10. The van der Waals surface area contributed by atoms with Crippen LogP contribution in [0.3, 0.4) is 0 Å². The molecule has 0 aromatic carbocycles. The van der Waals surface area contributed by atoms with E-state index in [1.165, 1.54) is 24.8 Å². The Morgan fingerprint density at radius 3 is 2.72 bits per heavy atom. The Labute approximate surface area is 120 Å². The Balaban J connectivity index is 2.34. The number of rotatable bonds is 8. The molecule has 18 heavy (non-hydrogen) atoms. The lowest BCUT2D eigenvalue weighted by molar-refractivity contribution is 0.370. The van der Waals surface area contributed by atoms with Crippen LogP contribution in [0.1, 0.15) is 45.6 Å². The second kappa shape index (κ2) is 8.65. The van der Waals surface area contributed by atoms with Gasteiger partial charge in [-0.25, -0.2) is 0 Å². The van der Waals surface area contributed by atoms with Crippen molar-refractivity contribution in [3.8, 4) is 0 Å². The summed E-state index contributed by atoms with van der Waals surface area (Å²) in [5.41, 5.74) is 1.32. The summed E-state index contributed by atoms with van der Waals surface area (Å²) in [6.07, 6.45) is 8.59. The first-order valence-corrected chi connectivity index (χ1v) is 7.75. The van der Waals surface area contributed by atoms with Gasteiger partial charge in [0.05, 0.1) is 0 Å². The zero-order valence-electron chi connectivity index (χ0n) is 11.7. The van der Waals surface area contributed by atoms with Crippen molar-refractivity contribution in [3.05, 3.63) is 28.5 Å². The highest BCUT2D eigenvalue weighted by Gasteiger charge is 2.11. The van der Waals surface area contributed by atoms with Crippen molar-refractivity contribution in [1.29, 1.82) is 0 Å². The van der Waals surface area contributed by atoms with E-state index < -0.39 is 0 Å². The predicted octanol–water partition coefficient (Wildman–Crippen LogP) is 4.19. The van der Waals surface area contributed by atoms with E-state index in [0.29, 0.717) is 12.0 Å². The number of aryl methyl sites for hydroxylation is 1. The average Bonchev–Trinajstić information content (AvgIpc) is 2.33. The van der Waals surface area contributed by atoms with Gasteiger partial charge in [-0.2, -0.15) is 0 Å². The molecular formula is C15H25BrN2. The predicted molar refractivity (Wildman–Crippen MR) is 81.8 cm³/mol. The summed E-state index contributed by atoms with van der Waals surface area (Å²) >= 11 is 3.47. The summed E-state index contributed by atoms with van der Waals surface area (Å²) in [7, 11) is 0. The zero-order valence-corrected chi connectivity index (χ0v) is 13.3. The fraction of sp³-hybridized carbons (Fsp3) is 0.667. The van der Waals surface area contributed by atoms with Gasteiger partial charge in [-0.15, -0.1) is 0 Å². The van der Waals surface area contributed by atoms with Crippen LogP contribution < -0.4 is 5.32 Å². The highest BCUT2D eigenvalue weighted by atomic mass is 79.9. The summed E-state index contributed by atoms with van der Waals surface area (Å²) in [4.78, 5) is 4.20. The van der Waals surface area contributed by atoms with E-state index in [4.69, 9.17) is 0 Å². The summed E-state index contributed by atoms with van der Waals surface area (Å²) in [5.74, 6) is 0.706. The second-order valence-electron chi connectivity index (χ2n) is 5.21. The lowest BCUT2D eigenvalue weighted by Crippen LogP contribution is -2.34. The molecule has 1 unspecified atom stereocenters. The van der Waals surface area contributed by atoms with E-state index in [0.717, 1.165) is 17.4 Å². The van der Waals surface area contributed by atoms with Gasteiger partial charge in [0.2, 0.25) is 0 Å². The lowest BCUT2D eigenvalue weighted by atomic mass is 9.97. The number of hydrogen-bond acceptors (Lipinski definition) is 2. The van der Waals surface area contributed by atoms with Crippen molar-refractivity contribution in [2.75, 3.05) is 6.54 Å². The van der Waals surface area contributed by atoms with E-state index in [9.17, 15) is 0 Å². The van der Waals surface area contributed by atoms with Gasteiger partial charge in [-0.1, -0.05) is 20.8 Å². The maximum absolute atomic E-state index is 4.20. The Morgan fingerprint density at radius 2 is 2.11 bits per heavy atom. The fourth-order valence-electron chi connectivity index (χ4n) is 2.12. The Morgan fingerprint density at radius 1 is 1.33 bits per heavy atom. The van der Waals surface area contributed by atoms with Gasteiger partial charge in [0.1, 0.15) is 0 Å². The van der Waals surface area contributed by atoms with E-state index >= 15 is 0 Å². The van der Waals surface area contributed by atoms with Crippen LogP contribution in [0.4, 0.5) is 0 Å². The first-order chi connectivity index (χ1) is 8.63. The van der Waals surface area contributed by atoms with Crippen molar-refractivity contribution in [2.45, 2.75) is 52.5 Å². The molecule has 0 amide bonds. The molecule has 0 aliphatic heterocycles. The summed E-state index contributed by atoms with van der Waals surface area (Å²) in [6.45, 7) is 7.95. The molecule has 0 aliphatic rings. The van der Waals surface area contributed by atoms with Gasteiger partial charge >= 0.3 is 0 Å². The maximum Gasteiger partial charge on any atom is 0.0410 e. The van der Waals surface area contributed by atoms with Gasteiger partial charge in [-0.05, 0) is 65.7 Å². The standard InChI is InChI=1S/C15H25BrN2/c1-4-8-18-15(12(2)3)7-5-6-13-9-14(16)11-17-10-13/h9-12,15,18H,4-8H2,1-3H3. The van der Waals surface area contributed by atoms with Gasteiger partial charge < -0.3 is 5.32 Å². The molecule has 0 fully saturated rings. The zero-order chi connectivity index (χ0) is 13.4. The molecule has 102 valence electrons.